The van der Waals surface area contributed by atoms with Crippen LogP contribution >= 0.6 is 0 Å². The SMILES string of the molecule is c1ccc(Cc2nnc(CN3CCC(c4nc5ccccc5o4)CC3)o2)cc1. The van der Waals surface area contributed by atoms with Crippen molar-refractivity contribution in [1.82, 2.24) is 20.1 Å². The first-order valence-corrected chi connectivity index (χ1v) is 9.76. The summed E-state index contributed by atoms with van der Waals surface area (Å²) in [5.74, 6) is 2.59. The van der Waals surface area contributed by atoms with Crippen LogP contribution in [0.4, 0.5) is 0 Å². The summed E-state index contributed by atoms with van der Waals surface area (Å²) in [5, 5.41) is 8.42. The van der Waals surface area contributed by atoms with Crippen molar-refractivity contribution in [1.29, 1.82) is 0 Å². The largest absolute Gasteiger partial charge is 0.440 e. The fourth-order valence-corrected chi connectivity index (χ4v) is 3.79. The monoisotopic (exact) mass is 374 g/mol. The second-order valence-corrected chi connectivity index (χ2v) is 7.32. The summed E-state index contributed by atoms with van der Waals surface area (Å²) >= 11 is 0. The minimum absolute atomic E-state index is 0.375. The molecule has 0 unspecified atom stereocenters. The molecule has 6 heteroatoms. The molecule has 142 valence electrons. The number of aromatic nitrogens is 3. The van der Waals surface area contributed by atoms with Gasteiger partial charge in [-0.25, -0.2) is 4.98 Å². The minimum atomic E-state index is 0.375. The lowest BCUT2D eigenvalue weighted by atomic mass is 9.97. The van der Waals surface area contributed by atoms with Crippen LogP contribution in [0.3, 0.4) is 0 Å². The Kier molecular flexibility index (Phi) is 4.62. The van der Waals surface area contributed by atoms with Crippen LogP contribution < -0.4 is 0 Å². The highest BCUT2D eigenvalue weighted by Crippen LogP contribution is 2.30. The average Bonchev–Trinajstić information content (AvgIpc) is 3.36. The number of nitrogens with zero attached hydrogens (tertiary/aromatic N) is 4. The van der Waals surface area contributed by atoms with Gasteiger partial charge in [-0.1, -0.05) is 42.5 Å². The molecule has 5 rings (SSSR count). The summed E-state index contributed by atoms with van der Waals surface area (Å²) in [6, 6.07) is 18.1. The quantitative estimate of drug-likeness (QED) is 0.522. The van der Waals surface area contributed by atoms with Crippen LogP contribution in [0.5, 0.6) is 0 Å². The van der Waals surface area contributed by atoms with Crippen LogP contribution in [0.2, 0.25) is 0 Å². The molecule has 3 heterocycles. The molecule has 28 heavy (non-hydrogen) atoms. The van der Waals surface area contributed by atoms with E-state index in [-0.39, 0.29) is 0 Å². The molecule has 6 nitrogen and oxygen atoms in total. The van der Waals surface area contributed by atoms with Gasteiger partial charge in [-0.15, -0.1) is 10.2 Å². The molecule has 2 aromatic carbocycles. The van der Waals surface area contributed by atoms with Gasteiger partial charge in [-0.3, -0.25) is 4.90 Å². The molecule has 1 aliphatic heterocycles. The van der Waals surface area contributed by atoms with Crippen molar-refractivity contribution in [2.75, 3.05) is 13.1 Å². The summed E-state index contributed by atoms with van der Waals surface area (Å²) < 4.78 is 11.8. The van der Waals surface area contributed by atoms with Gasteiger partial charge in [0.05, 0.1) is 13.0 Å². The first-order chi connectivity index (χ1) is 13.8. The Morgan fingerprint density at radius 3 is 2.43 bits per heavy atom. The highest BCUT2D eigenvalue weighted by molar-refractivity contribution is 5.72. The number of para-hydroxylation sites is 2. The molecule has 1 fully saturated rings. The van der Waals surface area contributed by atoms with E-state index in [1.807, 2.05) is 42.5 Å². The Morgan fingerprint density at radius 2 is 1.61 bits per heavy atom. The zero-order valence-electron chi connectivity index (χ0n) is 15.6. The van der Waals surface area contributed by atoms with Gasteiger partial charge in [0.2, 0.25) is 11.8 Å². The third kappa shape index (κ3) is 3.68. The molecule has 0 aliphatic carbocycles. The Bertz CT molecular complexity index is 1020. The van der Waals surface area contributed by atoms with Crippen molar-refractivity contribution in [2.45, 2.75) is 31.7 Å². The molecule has 0 radical (unpaired) electrons. The van der Waals surface area contributed by atoms with Gasteiger partial charge in [0.1, 0.15) is 5.52 Å². The van der Waals surface area contributed by atoms with Crippen LogP contribution in [0.25, 0.3) is 11.1 Å². The van der Waals surface area contributed by atoms with Crippen LogP contribution in [0.1, 0.15) is 42.0 Å². The maximum absolute atomic E-state index is 5.95. The van der Waals surface area contributed by atoms with E-state index >= 15 is 0 Å². The predicted octanol–water partition coefficient (Wildman–Crippen LogP) is 4.18. The highest BCUT2D eigenvalue weighted by atomic mass is 16.4. The predicted molar refractivity (Wildman–Crippen MR) is 105 cm³/mol. The van der Waals surface area contributed by atoms with E-state index in [0.717, 1.165) is 42.9 Å². The Hall–Kier alpha value is -2.99. The topological polar surface area (TPSA) is 68.2 Å². The van der Waals surface area contributed by atoms with E-state index in [1.165, 1.54) is 5.56 Å². The summed E-state index contributed by atoms with van der Waals surface area (Å²) in [6.07, 6.45) is 2.73. The second kappa shape index (κ2) is 7.56. The number of fused-ring (bicyclic) bond motifs is 1. The fraction of sp³-hybridized carbons (Fsp3) is 0.318. The maximum atomic E-state index is 5.95. The van der Waals surface area contributed by atoms with Gasteiger partial charge in [0, 0.05) is 5.92 Å². The third-order valence-corrected chi connectivity index (χ3v) is 5.31. The number of hydrogen-bond acceptors (Lipinski definition) is 6. The van der Waals surface area contributed by atoms with Gasteiger partial charge in [-0.05, 0) is 43.6 Å². The molecule has 0 spiro atoms. The maximum Gasteiger partial charge on any atom is 0.230 e. The summed E-state index contributed by atoms with van der Waals surface area (Å²) in [6.45, 7) is 2.64. The summed E-state index contributed by atoms with van der Waals surface area (Å²) in [7, 11) is 0. The van der Waals surface area contributed by atoms with E-state index in [9.17, 15) is 0 Å². The Morgan fingerprint density at radius 1 is 0.857 bits per heavy atom. The van der Waals surface area contributed by atoms with Crippen molar-refractivity contribution in [3.63, 3.8) is 0 Å². The minimum Gasteiger partial charge on any atom is -0.440 e. The first kappa shape index (κ1) is 17.1. The highest BCUT2D eigenvalue weighted by Gasteiger charge is 2.25. The van der Waals surface area contributed by atoms with Crippen molar-refractivity contribution >= 4 is 11.1 Å². The van der Waals surface area contributed by atoms with Crippen LogP contribution in [0, 0.1) is 0 Å². The Labute approximate surface area is 163 Å². The van der Waals surface area contributed by atoms with Crippen LogP contribution in [-0.4, -0.2) is 33.2 Å². The second-order valence-electron chi connectivity index (χ2n) is 7.32. The Balaban J connectivity index is 1.17. The lowest BCUT2D eigenvalue weighted by Crippen LogP contribution is -2.32. The van der Waals surface area contributed by atoms with E-state index in [0.29, 0.717) is 30.7 Å². The molecule has 4 aromatic rings. The molecule has 0 saturated carbocycles. The molecule has 0 atom stereocenters. The molecule has 2 aromatic heterocycles. The van der Waals surface area contributed by atoms with Crippen LogP contribution in [0.15, 0.2) is 63.4 Å². The number of rotatable bonds is 5. The van der Waals surface area contributed by atoms with Gasteiger partial charge >= 0.3 is 0 Å². The summed E-state index contributed by atoms with van der Waals surface area (Å²) in [5.41, 5.74) is 2.99. The number of oxazole rings is 1. The number of hydrogen-bond donors (Lipinski definition) is 0. The van der Waals surface area contributed by atoms with E-state index in [1.54, 1.807) is 0 Å². The molecule has 0 N–H and O–H groups in total. The molecule has 0 amide bonds. The number of likely N-dealkylation sites (tertiary alicyclic amines) is 1. The van der Waals surface area contributed by atoms with Crippen LogP contribution in [-0.2, 0) is 13.0 Å². The van der Waals surface area contributed by atoms with E-state index in [4.69, 9.17) is 8.83 Å². The normalized spacial score (nSPS) is 16.0. The molecule has 0 bridgehead atoms. The zero-order valence-corrected chi connectivity index (χ0v) is 15.6. The summed E-state index contributed by atoms with van der Waals surface area (Å²) in [4.78, 5) is 7.02. The lowest BCUT2D eigenvalue weighted by Gasteiger charge is -2.29. The first-order valence-electron chi connectivity index (χ1n) is 9.76. The molecule has 1 aliphatic rings. The molecule has 1 saturated heterocycles. The van der Waals surface area contributed by atoms with E-state index in [2.05, 4.69) is 32.2 Å². The molecular formula is C22H22N4O2. The molecular weight excluding hydrogens is 352 g/mol. The standard InChI is InChI=1S/C22H22N4O2/c1-2-6-16(7-3-1)14-20-24-25-21(28-20)15-26-12-10-17(11-13-26)22-23-18-8-4-5-9-19(18)27-22/h1-9,17H,10-15H2. The van der Waals surface area contributed by atoms with Gasteiger partial charge in [0.25, 0.3) is 0 Å². The zero-order chi connectivity index (χ0) is 18.8. The van der Waals surface area contributed by atoms with Gasteiger partial charge in [0.15, 0.2) is 11.5 Å². The van der Waals surface area contributed by atoms with Gasteiger partial charge < -0.3 is 8.83 Å². The third-order valence-electron chi connectivity index (χ3n) is 5.31. The van der Waals surface area contributed by atoms with Crippen molar-refractivity contribution in [2.24, 2.45) is 0 Å². The number of benzene rings is 2. The van der Waals surface area contributed by atoms with Gasteiger partial charge in [-0.2, -0.15) is 0 Å². The fourth-order valence-electron chi connectivity index (χ4n) is 3.79. The smallest absolute Gasteiger partial charge is 0.230 e. The lowest BCUT2D eigenvalue weighted by molar-refractivity contribution is 0.178. The van der Waals surface area contributed by atoms with Crippen molar-refractivity contribution < 1.29 is 8.83 Å². The van der Waals surface area contributed by atoms with Crippen molar-refractivity contribution in [3.8, 4) is 0 Å². The number of piperidine rings is 1. The van der Waals surface area contributed by atoms with Crippen molar-refractivity contribution in [3.05, 3.63) is 77.8 Å². The average molecular weight is 374 g/mol. The van der Waals surface area contributed by atoms with E-state index < -0.39 is 0 Å².